The maximum Gasteiger partial charge on any atom is 0.260 e. The van der Waals surface area contributed by atoms with Crippen molar-refractivity contribution in [3.05, 3.63) is 49.1 Å². The Kier molecular flexibility index (Phi) is 5.26. The number of ether oxygens (including phenoxy) is 1. The average molecular weight is 314 g/mol. The summed E-state index contributed by atoms with van der Waals surface area (Å²) >= 11 is 0. The summed E-state index contributed by atoms with van der Waals surface area (Å²) in [6, 6.07) is 9.46. The fourth-order valence-electron chi connectivity index (χ4n) is 2.65. The zero-order chi connectivity index (χ0) is 15.9. The third-order valence-corrected chi connectivity index (χ3v) is 4.06. The summed E-state index contributed by atoms with van der Waals surface area (Å²) in [4.78, 5) is 20.5. The van der Waals surface area contributed by atoms with Crippen LogP contribution in [0.2, 0.25) is 0 Å². The third kappa shape index (κ3) is 4.56. The molecule has 122 valence electrons. The molecule has 1 aromatic heterocycles. The number of carbonyl (C=O) groups excluding carboxylic acids is 1. The molecule has 0 bridgehead atoms. The molecule has 1 amide bonds. The number of aromatic nitrogens is 2. The lowest BCUT2D eigenvalue weighted by molar-refractivity contribution is -0.135. The number of hydrogen-bond acceptors (Lipinski definition) is 4. The van der Waals surface area contributed by atoms with Crippen LogP contribution in [-0.4, -0.2) is 64.6 Å². The summed E-state index contributed by atoms with van der Waals surface area (Å²) in [7, 11) is 0. The predicted molar refractivity (Wildman–Crippen MR) is 87.2 cm³/mol. The molecule has 0 unspecified atom stereocenters. The van der Waals surface area contributed by atoms with Crippen molar-refractivity contribution in [2.24, 2.45) is 0 Å². The first-order valence-corrected chi connectivity index (χ1v) is 7.95. The highest BCUT2D eigenvalue weighted by Crippen LogP contribution is 2.09. The molecule has 23 heavy (non-hydrogen) atoms. The number of carbonyl (C=O) groups is 1. The molecule has 0 radical (unpaired) electrons. The Morgan fingerprint density at radius 1 is 1.09 bits per heavy atom. The SMILES string of the molecule is O=C(COc1ccccc1)N1CCN(CCn2ccnc2)CC1. The molecule has 0 atom stereocenters. The van der Waals surface area contributed by atoms with Crippen molar-refractivity contribution in [3.8, 4) is 5.75 Å². The van der Waals surface area contributed by atoms with Gasteiger partial charge in [-0.3, -0.25) is 9.69 Å². The monoisotopic (exact) mass is 314 g/mol. The normalized spacial score (nSPS) is 15.6. The van der Waals surface area contributed by atoms with E-state index in [1.54, 1.807) is 6.20 Å². The number of benzene rings is 1. The lowest BCUT2D eigenvalue weighted by Crippen LogP contribution is -2.50. The number of hydrogen-bond donors (Lipinski definition) is 0. The average Bonchev–Trinajstić information content (AvgIpc) is 3.13. The van der Waals surface area contributed by atoms with Crippen LogP contribution in [0.25, 0.3) is 0 Å². The lowest BCUT2D eigenvalue weighted by Gasteiger charge is -2.34. The first kappa shape index (κ1) is 15.6. The van der Waals surface area contributed by atoms with Crippen molar-refractivity contribution < 1.29 is 9.53 Å². The first-order chi connectivity index (χ1) is 11.3. The molecule has 1 aliphatic rings. The summed E-state index contributed by atoms with van der Waals surface area (Å²) in [5, 5.41) is 0. The molecule has 6 nitrogen and oxygen atoms in total. The number of rotatable bonds is 6. The molecule has 3 rings (SSSR count). The van der Waals surface area contributed by atoms with Gasteiger partial charge < -0.3 is 14.2 Å². The molecule has 0 saturated carbocycles. The van der Waals surface area contributed by atoms with Crippen LogP contribution in [0.3, 0.4) is 0 Å². The van der Waals surface area contributed by atoms with Crippen LogP contribution in [0, 0.1) is 0 Å². The fraction of sp³-hybridized carbons (Fsp3) is 0.412. The Morgan fingerprint density at radius 2 is 1.87 bits per heavy atom. The van der Waals surface area contributed by atoms with Gasteiger partial charge in [0, 0.05) is 51.7 Å². The maximum atomic E-state index is 12.2. The highest BCUT2D eigenvalue weighted by Gasteiger charge is 2.21. The van der Waals surface area contributed by atoms with E-state index in [0.29, 0.717) is 0 Å². The van der Waals surface area contributed by atoms with E-state index in [-0.39, 0.29) is 12.5 Å². The van der Waals surface area contributed by atoms with E-state index < -0.39 is 0 Å². The van der Waals surface area contributed by atoms with Gasteiger partial charge in [0.25, 0.3) is 5.91 Å². The van der Waals surface area contributed by atoms with E-state index in [0.717, 1.165) is 45.0 Å². The molecule has 1 fully saturated rings. The standard InChI is InChI=1S/C17H22N4O2/c22-17(14-23-16-4-2-1-3-5-16)21-12-10-19(11-13-21)8-9-20-7-6-18-15-20/h1-7,15H,8-14H2. The van der Waals surface area contributed by atoms with E-state index in [2.05, 4.69) is 14.5 Å². The fourth-order valence-corrected chi connectivity index (χ4v) is 2.65. The first-order valence-electron chi connectivity index (χ1n) is 7.95. The van der Waals surface area contributed by atoms with Crippen LogP contribution in [0.1, 0.15) is 0 Å². The van der Waals surface area contributed by atoms with Crippen molar-refractivity contribution in [1.29, 1.82) is 0 Å². The highest BCUT2D eigenvalue weighted by atomic mass is 16.5. The van der Waals surface area contributed by atoms with E-state index >= 15 is 0 Å². The molecule has 1 saturated heterocycles. The van der Waals surface area contributed by atoms with Crippen LogP contribution < -0.4 is 4.74 Å². The molecule has 1 aliphatic heterocycles. The van der Waals surface area contributed by atoms with E-state index in [1.165, 1.54) is 0 Å². The van der Waals surface area contributed by atoms with Gasteiger partial charge in [0.1, 0.15) is 5.75 Å². The minimum Gasteiger partial charge on any atom is -0.484 e. The second-order valence-corrected chi connectivity index (χ2v) is 5.62. The Morgan fingerprint density at radius 3 is 2.57 bits per heavy atom. The smallest absolute Gasteiger partial charge is 0.260 e. The molecule has 0 spiro atoms. The van der Waals surface area contributed by atoms with E-state index in [1.807, 2.05) is 47.8 Å². The minimum absolute atomic E-state index is 0.0584. The van der Waals surface area contributed by atoms with Gasteiger partial charge in [0.05, 0.1) is 6.33 Å². The second kappa shape index (κ2) is 7.78. The van der Waals surface area contributed by atoms with Crippen LogP contribution in [0.4, 0.5) is 0 Å². The molecule has 2 heterocycles. The largest absolute Gasteiger partial charge is 0.484 e. The summed E-state index contributed by atoms with van der Waals surface area (Å²) < 4.78 is 7.60. The minimum atomic E-state index is 0.0584. The number of amides is 1. The second-order valence-electron chi connectivity index (χ2n) is 5.62. The maximum absolute atomic E-state index is 12.2. The van der Waals surface area contributed by atoms with E-state index in [9.17, 15) is 4.79 Å². The molecule has 6 heteroatoms. The third-order valence-electron chi connectivity index (χ3n) is 4.06. The molecule has 0 N–H and O–H groups in total. The van der Waals surface area contributed by atoms with Gasteiger partial charge in [0.2, 0.25) is 0 Å². The Balaban J connectivity index is 1.37. The molecule has 0 aliphatic carbocycles. The van der Waals surface area contributed by atoms with Crippen LogP contribution in [0.15, 0.2) is 49.1 Å². The Labute approximate surface area is 136 Å². The van der Waals surface area contributed by atoms with Crippen molar-refractivity contribution in [1.82, 2.24) is 19.4 Å². The van der Waals surface area contributed by atoms with Crippen LogP contribution >= 0.6 is 0 Å². The number of para-hydroxylation sites is 1. The zero-order valence-corrected chi connectivity index (χ0v) is 13.2. The number of imidazole rings is 1. The highest BCUT2D eigenvalue weighted by molar-refractivity contribution is 5.77. The summed E-state index contributed by atoms with van der Waals surface area (Å²) in [5.41, 5.74) is 0. The van der Waals surface area contributed by atoms with Crippen molar-refractivity contribution in [2.45, 2.75) is 6.54 Å². The number of nitrogens with zero attached hydrogens (tertiary/aromatic N) is 4. The van der Waals surface area contributed by atoms with Crippen molar-refractivity contribution in [3.63, 3.8) is 0 Å². The molecule has 2 aromatic rings. The number of piperazine rings is 1. The van der Waals surface area contributed by atoms with Crippen LogP contribution in [-0.2, 0) is 11.3 Å². The lowest BCUT2D eigenvalue weighted by atomic mass is 10.3. The summed E-state index contributed by atoms with van der Waals surface area (Å²) in [6.07, 6.45) is 5.60. The Hall–Kier alpha value is -2.34. The van der Waals surface area contributed by atoms with Gasteiger partial charge in [-0.1, -0.05) is 18.2 Å². The topological polar surface area (TPSA) is 50.6 Å². The van der Waals surface area contributed by atoms with Gasteiger partial charge in [0.15, 0.2) is 6.61 Å². The Bertz CT molecular complexity index is 592. The van der Waals surface area contributed by atoms with Gasteiger partial charge in [-0.25, -0.2) is 4.98 Å². The van der Waals surface area contributed by atoms with Crippen molar-refractivity contribution >= 4 is 5.91 Å². The molecule has 1 aromatic carbocycles. The van der Waals surface area contributed by atoms with Crippen molar-refractivity contribution in [2.75, 3.05) is 39.3 Å². The van der Waals surface area contributed by atoms with E-state index in [4.69, 9.17) is 4.74 Å². The molecular formula is C17H22N4O2. The summed E-state index contributed by atoms with van der Waals surface area (Å²) in [6.45, 7) is 5.38. The quantitative estimate of drug-likeness (QED) is 0.801. The van der Waals surface area contributed by atoms with Gasteiger partial charge >= 0.3 is 0 Å². The van der Waals surface area contributed by atoms with Gasteiger partial charge in [-0.2, -0.15) is 0 Å². The van der Waals surface area contributed by atoms with Crippen LogP contribution in [0.5, 0.6) is 5.75 Å². The predicted octanol–water partition coefficient (Wildman–Crippen LogP) is 1.11. The van der Waals surface area contributed by atoms with Gasteiger partial charge in [-0.15, -0.1) is 0 Å². The van der Waals surface area contributed by atoms with Gasteiger partial charge in [-0.05, 0) is 12.1 Å². The summed E-state index contributed by atoms with van der Waals surface area (Å²) in [5.74, 6) is 0.794. The zero-order valence-electron chi connectivity index (χ0n) is 13.2. The molecular weight excluding hydrogens is 292 g/mol.